The highest BCUT2D eigenvalue weighted by atomic mass is 16.5. The Bertz CT molecular complexity index is 573. The monoisotopic (exact) mass is 290 g/mol. The van der Waals surface area contributed by atoms with E-state index in [9.17, 15) is 9.59 Å². The van der Waals surface area contributed by atoms with Crippen molar-refractivity contribution < 1.29 is 19.1 Å². The summed E-state index contributed by atoms with van der Waals surface area (Å²) in [6.45, 7) is 6.27. The second kappa shape index (κ2) is 5.88. The molecule has 0 aromatic heterocycles. The predicted octanol–water partition coefficient (Wildman–Crippen LogP) is 2.29. The van der Waals surface area contributed by atoms with Crippen molar-refractivity contribution in [1.82, 2.24) is 0 Å². The number of esters is 2. The highest BCUT2D eigenvalue weighted by Gasteiger charge is 2.40. The van der Waals surface area contributed by atoms with Crippen molar-refractivity contribution in [2.24, 2.45) is 11.8 Å². The minimum Gasteiger partial charge on any atom is -0.468 e. The molecule has 0 spiro atoms. The number of rotatable bonds is 3. The first kappa shape index (κ1) is 15.5. The SMILES string of the molecule is COC(=O)C(C(=O)OC)C1Cc2c(C)cc(C)c(C)c2C1. The fourth-order valence-electron chi connectivity index (χ4n) is 3.35. The topological polar surface area (TPSA) is 52.6 Å². The van der Waals surface area contributed by atoms with Crippen LogP contribution in [0.15, 0.2) is 6.07 Å². The van der Waals surface area contributed by atoms with Gasteiger partial charge in [-0.1, -0.05) is 6.07 Å². The van der Waals surface area contributed by atoms with E-state index in [0.717, 1.165) is 12.8 Å². The van der Waals surface area contributed by atoms with E-state index in [1.807, 2.05) is 0 Å². The Hall–Kier alpha value is -1.84. The molecule has 2 rings (SSSR count). The molecule has 0 fully saturated rings. The third-order valence-electron chi connectivity index (χ3n) is 4.63. The molecule has 114 valence electrons. The van der Waals surface area contributed by atoms with Gasteiger partial charge >= 0.3 is 11.9 Å². The molecule has 1 atom stereocenters. The number of hydrogen-bond acceptors (Lipinski definition) is 4. The molecule has 1 aliphatic rings. The quantitative estimate of drug-likeness (QED) is 0.633. The zero-order chi connectivity index (χ0) is 15.7. The van der Waals surface area contributed by atoms with Gasteiger partial charge in [0, 0.05) is 0 Å². The van der Waals surface area contributed by atoms with Crippen LogP contribution in [0.25, 0.3) is 0 Å². The lowest BCUT2D eigenvalue weighted by molar-refractivity contribution is -0.161. The number of fused-ring (bicyclic) bond motifs is 1. The summed E-state index contributed by atoms with van der Waals surface area (Å²) in [5.74, 6) is -1.94. The highest BCUT2D eigenvalue weighted by molar-refractivity contribution is 5.95. The molecule has 0 saturated carbocycles. The molecule has 0 amide bonds. The fourth-order valence-corrected chi connectivity index (χ4v) is 3.35. The van der Waals surface area contributed by atoms with Crippen molar-refractivity contribution in [2.45, 2.75) is 33.6 Å². The van der Waals surface area contributed by atoms with Crippen LogP contribution in [-0.2, 0) is 31.9 Å². The molecule has 4 nitrogen and oxygen atoms in total. The van der Waals surface area contributed by atoms with Gasteiger partial charge in [0.2, 0.25) is 0 Å². The maximum absolute atomic E-state index is 12.0. The molecule has 0 heterocycles. The van der Waals surface area contributed by atoms with Crippen LogP contribution >= 0.6 is 0 Å². The molecule has 0 radical (unpaired) electrons. The van der Waals surface area contributed by atoms with E-state index >= 15 is 0 Å². The lowest BCUT2D eigenvalue weighted by Gasteiger charge is -2.18. The Labute approximate surface area is 125 Å². The van der Waals surface area contributed by atoms with Crippen LogP contribution in [0.3, 0.4) is 0 Å². The van der Waals surface area contributed by atoms with Crippen LogP contribution in [0.5, 0.6) is 0 Å². The van der Waals surface area contributed by atoms with E-state index in [1.165, 1.54) is 42.0 Å². The normalized spacial score (nSPS) is 16.8. The first-order chi connectivity index (χ1) is 9.90. The Morgan fingerprint density at radius 3 is 2.05 bits per heavy atom. The van der Waals surface area contributed by atoms with E-state index in [2.05, 4.69) is 26.8 Å². The average Bonchev–Trinajstić information content (AvgIpc) is 2.90. The van der Waals surface area contributed by atoms with E-state index < -0.39 is 17.9 Å². The second-order valence-corrected chi connectivity index (χ2v) is 5.78. The number of ether oxygens (including phenoxy) is 2. The Morgan fingerprint density at radius 2 is 1.52 bits per heavy atom. The highest BCUT2D eigenvalue weighted by Crippen LogP contribution is 2.37. The van der Waals surface area contributed by atoms with Gasteiger partial charge in [0.15, 0.2) is 5.92 Å². The lowest BCUT2D eigenvalue weighted by atomic mass is 9.89. The third kappa shape index (κ3) is 2.67. The molecule has 0 aliphatic heterocycles. The molecule has 1 aliphatic carbocycles. The van der Waals surface area contributed by atoms with Crippen LogP contribution in [0, 0.1) is 32.6 Å². The maximum atomic E-state index is 12.0. The second-order valence-electron chi connectivity index (χ2n) is 5.78. The minimum atomic E-state index is -0.841. The van der Waals surface area contributed by atoms with Crippen LogP contribution in [0.2, 0.25) is 0 Å². The lowest BCUT2D eigenvalue weighted by Crippen LogP contribution is -2.33. The van der Waals surface area contributed by atoms with Gasteiger partial charge in [-0.05, 0) is 67.3 Å². The molecule has 0 N–H and O–H groups in total. The van der Waals surface area contributed by atoms with Crippen molar-refractivity contribution in [2.75, 3.05) is 14.2 Å². The number of hydrogen-bond donors (Lipinski definition) is 0. The average molecular weight is 290 g/mol. The van der Waals surface area contributed by atoms with Crippen LogP contribution in [-0.4, -0.2) is 26.2 Å². The third-order valence-corrected chi connectivity index (χ3v) is 4.63. The van der Waals surface area contributed by atoms with Gasteiger partial charge in [0.1, 0.15) is 0 Å². The number of benzene rings is 1. The number of carbonyl (C=O) groups excluding carboxylic acids is 2. The summed E-state index contributed by atoms with van der Waals surface area (Å²) in [6.07, 6.45) is 1.44. The van der Waals surface area contributed by atoms with Crippen LogP contribution < -0.4 is 0 Å². The van der Waals surface area contributed by atoms with Gasteiger partial charge in [-0.3, -0.25) is 9.59 Å². The standard InChI is InChI=1S/C17H22O4/c1-9-6-10(2)13-7-12(8-14(13)11(9)3)15(16(18)20-4)17(19)21-5/h6,12,15H,7-8H2,1-5H3. The fraction of sp³-hybridized carbons (Fsp3) is 0.529. The smallest absolute Gasteiger partial charge is 0.320 e. The maximum Gasteiger partial charge on any atom is 0.320 e. The Kier molecular flexibility index (Phi) is 4.35. The molecular weight excluding hydrogens is 268 g/mol. The van der Waals surface area contributed by atoms with Crippen molar-refractivity contribution >= 4 is 11.9 Å². The molecule has 1 aromatic carbocycles. The Balaban J connectivity index is 2.37. The molecule has 21 heavy (non-hydrogen) atoms. The predicted molar refractivity (Wildman–Crippen MR) is 79.1 cm³/mol. The van der Waals surface area contributed by atoms with Crippen molar-refractivity contribution in [3.8, 4) is 0 Å². The minimum absolute atomic E-state index is 0.0842. The van der Waals surface area contributed by atoms with Gasteiger partial charge in [0.05, 0.1) is 14.2 Å². The summed E-state index contributed by atoms with van der Waals surface area (Å²) in [5.41, 5.74) is 6.27. The number of carbonyl (C=O) groups is 2. The zero-order valence-corrected chi connectivity index (χ0v) is 13.3. The molecule has 0 saturated heterocycles. The van der Waals surface area contributed by atoms with Gasteiger partial charge < -0.3 is 9.47 Å². The van der Waals surface area contributed by atoms with Gasteiger partial charge in [-0.25, -0.2) is 0 Å². The van der Waals surface area contributed by atoms with Crippen LogP contribution in [0.4, 0.5) is 0 Å². The Morgan fingerprint density at radius 1 is 1.00 bits per heavy atom. The molecule has 4 heteroatoms. The van der Waals surface area contributed by atoms with Crippen LogP contribution in [0.1, 0.15) is 27.8 Å². The van der Waals surface area contributed by atoms with Crippen molar-refractivity contribution in [3.63, 3.8) is 0 Å². The van der Waals surface area contributed by atoms with Crippen molar-refractivity contribution in [3.05, 3.63) is 33.9 Å². The molecule has 1 unspecified atom stereocenters. The number of methoxy groups -OCH3 is 2. The van der Waals surface area contributed by atoms with E-state index in [4.69, 9.17) is 9.47 Å². The van der Waals surface area contributed by atoms with Crippen molar-refractivity contribution in [1.29, 1.82) is 0 Å². The number of aryl methyl sites for hydroxylation is 2. The summed E-state index contributed by atoms with van der Waals surface area (Å²) in [4.78, 5) is 23.9. The molecular formula is C17H22O4. The van der Waals surface area contributed by atoms with E-state index in [1.54, 1.807) is 0 Å². The summed E-state index contributed by atoms with van der Waals surface area (Å²) < 4.78 is 9.58. The van der Waals surface area contributed by atoms with E-state index in [-0.39, 0.29) is 5.92 Å². The van der Waals surface area contributed by atoms with E-state index in [0.29, 0.717) is 0 Å². The summed E-state index contributed by atoms with van der Waals surface area (Å²) in [5, 5.41) is 0. The largest absolute Gasteiger partial charge is 0.468 e. The summed E-state index contributed by atoms with van der Waals surface area (Å²) >= 11 is 0. The zero-order valence-electron chi connectivity index (χ0n) is 13.3. The summed E-state index contributed by atoms with van der Waals surface area (Å²) in [7, 11) is 2.61. The van der Waals surface area contributed by atoms with Gasteiger partial charge in [0.25, 0.3) is 0 Å². The first-order valence-corrected chi connectivity index (χ1v) is 7.14. The molecule has 1 aromatic rings. The first-order valence-electron chi connectivity index (χ1n) is 7.14. The summed E-state index contributed by atoms with van der Waals surface area (Å²) in [6, 6.07) is 2.17. The molecule has 0 bridgehead atoms. The van der Waals surface area contributed by atoms with Gasteiger partial charge in [-0.15, -0.1) is 0 Å². The van der Waals surface area contributed by atoms with Gasteiger partial charge in [-0.2, -0.15) is 0 Å².